The number of benzene rings is 2. The average Bonchev–Trinajstić information content (AvgIpc) is 3.28. The second-order valence-electron chi connectivity index (χ2n) is 6.31. The Labute approximate surface area is 176 Å². The lowest BCUT2D eigenvalue weighted by atomic mass is 10.1. The Morgan fingerprint density at radius 3 is 2.63 bits per heavy atom. The van der Waals surface area contributed by atoms with Crippen LogP contribution in [-0.2, 0) is 0 Å². The Morgan fingerprint density at radius 1 is 1.17 bits per heavy atom. The average molecular weight is 422 g/mol. The molecule has 0 aliphatic heterocycles. The first-order valence-electron chi connectivity index (χ1n) is 8.87. The lowest BCUT2D eigenvalue weighted by Crippen LogP contribution is -2.14. The molecule has 0 unspecified atom stereocenters. The molecule has 2 heterocycles. The number of amides is 1. The van der Waals surface area contributed by atoms with E-state index in [0.29, 0.717) is 28.0 Å². The molecule has 9 nitrogen and oxygen atoms in total. The number of ether oxygens (including phenoxy) is 1. The molecule has 10 heteroatoms. The Balaban J connectivity index is 1.57. The van der Waals surface area contributed by atoms with Crippen molar-refractivity contribution in [1.29, 1.82) is 0 Å². The fourth-order valence-corrected chi connectivity index (χ4v) is 3.08. The molecule has 0 spiro atoms. The van der Waals surface area contributed by atoms with E-state index in [1.165, 1.54) is 24.2 Å². The lowest BCUT2D eigenvalue weighted by molar-refractivity contribution is 0.102. The van der Waals surface area contributed by atoms with Crippen LogP contribution in [0.25, 0.3) is 17.1 Å². The summed E-state index contributed by atoms with van der Waals surface area (Å²) in [6, 6.07) is 12.2. The van der Waals surface area contributed by atoms with Gasteiger partial charge in [-0.3, -0.25) is 4.79 Å². The number of nitrogens with one attached hydrogen (secondary N) is 1. The Hall–Kier alpha value is -3.85. The maximum atomic E-state index is 12.8. The first-order chi connectivity index (χ1) is 14.5. The van der Waals surface area contributed by atoms with Crippen LogP contribution < -0.4 is 10.1 Å². The standard InChI is InChI=1S/C20H16ClN7O2/c1-12-7-8-22-19(24-12)13-3-5-14(6-4-13)25-20(29)15-9-16(21)17(10-18(15)30-2)28-11-23-26-27-28/h3-11H,1-2H3,(H,25,29). The highest BCUT2D eigenvalue weighted by atomic mass is 35.5. The van der Waals surface area contributed by atoms with Gasteiger partial charge in [0, 0.05) is 29.2 Å². The van der Waals surface area contributed by atoms with Gasteiger partial charge in [-0.2, -0.15) is 4.68 Å². The van der Waals surface area contributed by atoms with E-state index >= 15 is 0 Å². The van der Waals surface area contributed by atoms with Crippen molar-refractivity contribution in [2.45, 2.75) is 6.92 Å². The normalized spacial score (nSPS) is 10.6. The minimum Gasteiger partial charge on any atom is -0.496 e. The van der Waals surface area contributed by atoms with Gasteiger partial charge in [0.05, 0.1) is 23.4 Å². The largest absolute Gasteiger partial charge is 0.496 e. The van der Waals surface area contributed by atoms with E-state index < -0.39 is 0 Å². The Bertz CT molecular complexity index is 1190. The number of tetrazole rings is 1. The summed E-state index contributed by atoms with van der Waals surface area (Å²) in [6.45, 7) is 1.91. The maximum absolute atomic E-state index is 12.8. The molecule has 1 N–H and O–H groups in total. The molecule has 0 radical (unpaired) electrons. The summed E-state index contributed by atoms with van der Waals surface area (Å²) >= 11 is 6.33. The van der Waals surface area contributed by atoms with Crippen molar-refractivity contribution in [1.82, 2.24) is 30.2 Å². The number of halogens is 1. The highest BCUT2D eigenvalue weighted by Crippen LogP contribution is 2.30. The SMILES string of the molecule is COc1cc(-n2cnnn2)c(Cl)cc1C(=O)Nc1ccc(-c2nccc(C)n2)cc1. The Kier molecular flexibility index (Phi) is 5.36. The summed E-state index contributed by atoms with van der Waals surface area (Å²) in [5.41, 5.74) is 3.12. The molecule has 4 rings (SSSR count). The van der Waals surface area contributed by atoms with E-state index in [-0.39, 0.29) is 11.5 Å². The number of anilines is 1. The van der Waals surface area contributed by atoms with Crippen LogP contribution in [-0.4, -0.2) is 43.2 Å². The van der Waals surface area contributed by atoms with Crippen molar-refractivity contribution in [3.63, 3.8) is 0 Å². The van der Waals surface area contributed by atoms with E-state index in [1.807, 2.05) is 25.1 Å². The Morgan fingerprint density at radius 2 is 1.97 bits per heavy atom. The van der Waals surface area contributed by atoms with E-state index in [2.05, 4.69) is 30.8 Å². The molecule has 0 bridgehead atoms. The molecule has 2 aromatic carbocycles. The number of hydrogen-bond acceptors (Lipinski definition) is 7. The number of aryl methyl sites for hydroxylation is 1. The van der Waals surface area contributed by atoms with Crippen molar-refractivity contribution in [3.8, 4) is 22.8 Å². The van der Waals surface area contributed by atoms with Gasteiger partial charge in [0.1, 0.15) is 12.1 Å². The number of rotatable bonds is 5. The number of methoxy groups -OCH3 is 1. The molecule has 30 heavy (non-hydrogen) atoms. The molecule has 0 saturated carbocycles. The summed E-state index contributed by atoms with van der Waals surface area (Å²) < 4.78 is 6.76. The van der Waals surface area contributed by atoms with Crippen LogP contribution in [0.5, 0.6) is 5.75 Å². The molecule has 0 atom stereocenters. The molecular weight excluding hydrogens is 406 g/mol. The molecular formula is C20H16ClN7O2. The second kappa shape index (κ2) is 8.26. The van der Waals surface area contributed by atoms with Gasteiger partial charge in [-0.25, -0.2) is 9.97 Å². The van der Waals surface area contributed by atoms with Crippen LogP contribution in [0.15, 0.2) is 55.0 Å². The van der Waals surface area contributed by atoms with Gasteiger partial charge in [0.15, 0.2) is 5.82 Å². The van der Waals surface area contributed by atoms with Crippen LogP contribution in [0, 0.1) is 6.92 Å². The van der Waals surface area contributed by atoms with E-state index in [4.69, 9.17) is 16.3 Å². The third-order valence-corrected chi connectivity index (χ3v) is 4.61. The van der Waals surface area contributed by atoms with Crippen molar-refractivity contribution in [2.75, 3.05) is 12.4 Å². The predicted molar refractivity (Wildman–Crippen MR) is 111 cm³/mol. The van der Waals surface area contributed by atoms with Gasteiger partial charge in [0.25, 0.3) is 5.91 Å². The second-order valence-corrected chi connectivity index (χ2v) is 6.72. The number of carbonyl (C=O) groups excluding carboxylic acids is 1. The summed E-state index contributed by atoms with van der Waals surface area (Å²) in [5, 5.41) is 14.1. The minimum atomic E-state index is -0.364. The number of carbonyl (C=O) groups is 1. The van der Waals surface area contributed by atoms with Gasteiger partial charge in [-0.05, 0) is 53.7 Å². The van der Waals surface area contributed by atoms with Gasteiger partial charge in [0.2, 0.25) is 0 Å². The van der Waals surface area contributed by atoms with E-state index in [1.54, 1.807) is 24.4 Å². The summed E-state index contributed by atoms with van der Waals surface area (Å²) in [5.74, 6) is 0.600. The zero-order valence-electron chi connectivity index (χ0n) is 16.1. The molecule has 0 aliphatic rings. The van der Waals surface area contributed by atoms with Crippen LogP contribution in [0.4, 0.5) is 5.69 Å². The molecule has 0 fully saturated rings. The molecule has 1 amide bonds. The van der Waals surface area contributed by atoms with Gasteiger partial charge >= 0.3 is 0 Å². The first-order valence-corrected chi connectivity index (χ1v) is 9.25. The zero-order chi connectivity index (χ0) is 21.1. The summed E-state index contributed by atoms with van der Waals surface area (Å²) in [7, 11) is 1.47. The molecule has 4 aromatic rings. The number of aromatic nitrogens is 6. The summed E-state index contributed by atoms with van der Waals surface area (Å²) in [4.78, 5) is 21.5. The van der Waals surface area contributed by atoms with Gasteiger partial charge in [-0.15, -0.1) is 5.10 Å². The fourth-order valence-electron chi connectivity index (χ4n) is 2.83. The first kappa shape index (κ1) is 19.5. The van der Waals surface area contributed by atoms with Crippen molar-refractivity contribution >= 4 is 23.2 Å². The van der Waals surface area contributed by atoms with E-state index in [0.717, 1.165) is 11.3 Å². The van der Waals surface area contributed by atoms with E-state index in [9.17, 15) is 4.79 Å². The predicted octanol–water partition coefficient (Wildman–Crippen LogP) is 3.34. The van der Waals surface area contributed by atoms with Crippen LogP contribution in [0.2, 0.25) is 5.02 Å². The van der Waals surface area contributed by atoms with Crippen LogP contribution in [0.3, 0.4) is 0 Å². The molecule has 0 aliphatic carbocycles. The molecule has 2 aromatic heterocycles. The quantitative estimate of drug-likeness (QED) is 0.526. The zero-order valence-corrected chi connectivity index (χ0v) is 16.8. The highest BCUT2D eigenvalue weighted by Gasteiger charge is 2.18. The topological polar surface area (TPSA) is 108 Å². The van der Waals surface area contributed by atoms with Gasteiger partial charge in [-0.1, -0.05) is 11.6 Å². The van der Waals surface area contributed by atoms with Crippen LogP contribution >= 0.6 is 11.6 Å². The lowest BCUT2D eigenvalue weighted by Gasteiger charge is -2.13. The third kappa shape index (κ3) is 3.96. The minimum absolute atomic E-state index is 0.283. The summed E-state index contributed by atoms with van der Waals surface area (Å²) in [6.07, 6.45) is 3.11. The monoisotopic (exact) mass is 421 g/mol. The van der Waals surface area contributed by atoms with Crippen molar-refractivity contribution < 1.29 is 9.53 Å². The molecule has 150 valence electrons. The van der Waals surface area contributed by atoms with Crippen LogP contribution in [0.1, 0.15) is 16.1 Å². The number of hydrogen-bond donors (Lipinski definition) is 1. The molecule has 0 saturated heterocycles. The van der Waals surface area contributed by atoms with Gasteiger partial charge < -0.3 is 10.1 Å². The highest BCUT2D eigenvalue weighted by molar-refractivity contribution is 6.33. The fraction of sp³-hybridized carbons (Fsp3) is 0.100. The smallest absolute Gasteiger partial charge is 0.259 e. The third-order valence-electron chi connectivity index (χ3n) is 4.31. The van der Waals surface area contributed by atoms with Crippen molar-refractivity contribution in [2.24, 2.45) is 0 Å². The van der Waals surface area contributed by atoms with Crippen molar-refractivity contribution in [3.05, 3.63) is 71.3 Å². The maximum Gasteiger partial charge on any atom is 0.259 e. The number of nitrogens with zero attached hydrogens (tertiary/aromatic N) is 6.